The van der Waals surface area contributed by atoms with Crippen LogP contribution in [0.5, 0.6) is 0 Å². The largest absolute Gasteiger partial charge is 0.455 e. The summed E-state index contributed by atoms with van der Waals surface area (Å²) in [4.78, 5) is 28.2. The van der Waals surface area contributed by atoms with Crippen LogP contribution in [0.4, 0.5) is 0 Å². The Morgan fingerprint density at radius 3 is 2.84 bits per heavy atom. The number of hydrogen-bond donors (Lipinski definition) is 1. The van der Waals surface area contributed by atoms with E-state index in [9.17, 15) is 14.9 Å². The van der Waals surface area contributed by atoms with Gasteiger partial charge in [-0.05, 0) is 37.1 Å². The first-order valence-corrected chi connectivity index (χ1v) is 9.77. The molecule has 0 aromatic carbocycles. The summed E-state index contributed by atoms with van der Waals surface area (Å²) in [5.41, 5.74) is 0.863. The second-order valence-electron chi connectivity index (χ2n) is 5.94. The number of rotatable bonds is 6. The maximum absolute atomic E-state index is 11.9. The number of nitrogens with one attached hydrogen (secondary N) is 1. The van der Waals surface area contributed by atoms with Gasteiger partial charge in [0.25, 0.3) is 5.91 Å². The summed E-state index contributed by atoms with van der Waals surface area (Å²) in [6.45, 7) is -0.371. The summed E-state index contributed by atoms with van der Waals surface area (Å²) in [6, 6.07) is 4.15. The average Bonchev–Trinajstić information content (AvgIpc) is 3.34. The maximum Gasteiger partial charge on any atom is 0.312 e. The molecular weight excluding hydrogens is 358 g/mol. The highest BCUT2D eigenvalue weighted by atomic mass is 32.1. The molecule has 3 rings (SSSR count). The van der Waals surface area contributed by atoms with Gasteiger partial charge in [0.1, 0.15) is 10.5 Å². The van der Waals surface area contributed by atoms with E-state index in [1.54, 1.807) is 11.3 Å². The third kappa shape index (κ3) is 4.44. The second-order valence-corrected chi connectivity index (χ2v) is 7.58. The van der Waals surface area contributed by atoms with E-state index in [1.165, 1.54) is 11.3 Å². The Morgan fingerprint density at radius 2 is 2.16 bits per heavy atom. The van der Waals surface area contributed by atoms with Gasteiger partial charge in [-0.25, -0.2) is 4.98 Å². The summed E-state index contributed by atoms with van der Waals surface area (Å²) < 4.78 is 5.01. The van der Waals surface area contributed by atoms with Gasteiger partial charge in [0.05, 0.1) is 18.2 Å². The Balaban J connectivity index is 1.47. The van der Waals surface area contributed by atoms with Gasteiger partial charge in [-0.15, -0.1) is 11.3 Å². The predicted octanol–water partition coefficient (Wildman–Crippen LogP) is 2.91. The van der Waals surface area contributed by atoms with Gasteiger partial charge >= 0.3 is 5.97 Å². The molecule has 1 fully saturated rings. The van der Waals surface area contributed by atoms with Crippen molar-refractivity contribution in [2.45, 2.75) is 37.6 Å². The lowest BCUT2D eigenvalue weighted by Crippen LogP contribution is -2.46. The van der Waals surface area contributed by atoms with Crippen molar-refractivity contribution in [1.82, 2.24) is 10.3 Å². The lowest BCUT2D eigenvalue weighted by Gasteiger charge is -2.21. The minimum Gasteiger partial charge on any atom is -0.455 e. The molecule has 130 valence electrons. The number of hydrogen-bond acceptors (Lipinski definition) is 7. The van der Waals surface area contributed by atoms with Gasteiger partial charge in [0.2, 0.25) is 0 Å². The van der Waals surface area contributed by atoms with Crippen molar-refractivity contribution >= 4 is 34.6 Å². The van der Waals surface area contributed by atoms with Gasteiger partial charge in [-0.2, -0.15) is 16.6 Å². The van der Waals surface area contributed by atoms with Crippen LogP contribution in [0.2, 0.25) is 0 Å². The molecular formula is C17H17N3O3S2. The molecule has 0 unspecified atom stereocenters. The van der Waals surface area contributed by atoms with Crippen LogP contribution in [0.25, 0.3) is 10.6 Å². The zero-order valence-corrected chi connectivity index (χ0v) is 15.1. The standard InChI is InChI=1S/C17H17N3O3S2/c18-11-17(4-1-2-5-17)20-14(21)8-23-15(22)7-13-10-25-16(19-13)12-3-6-24-9-12/h3,6,9-10H,1-2,4-5,7-8H2,(H,20,21). The highest BCUT2D eigenvalue weighted by Crippen LogP contribution is 2.29. The lowest BCUT2D eigenvalue weighted by molar-refractivity contribution is -0.148. The molecule has 1 aliphatic carbocycles. The Hall–Kier alpha value is -2.24. The number of esters is 1. The van der Waals surface area contributed by atoms with Crippen molar-refractivity contribution in [3.8, 4) is 16.6 Å². The molecule has 0 saturated heterocycles. The van der Waals surface area contributed by atoms with E-state index < -0.39 is 17.4 Å². The summed E-state index contributed by atoms with van der Waals surface area (Å²) in [5, 5.41) is 18.6. The summed E-state index contributed by atoms with van der Waals surface area (Å²) >= 11 is 3.06. The second kappa shape index (κ2) is 7.76. The number of carbonyl (C=O) groups is 2. The van der Waals surface area contributed by atoms with Crippen LogP contribution in [0, 0.1) is 11.3 Å². The van der Waals surface area contributed by atoms with Crippen LogP contribution in [0.15, 0.2) is 22.2 Å². The lowest BCUT2D eigenvalue weighted by atomic mass is 10.00. The van der Waals surface area contributed by atoms with Crippen LogP contribution in [0.3, 0.4) is 0 Å². The van der Waals surface area contributed by atoms with Crippen molar-refractivity contribution < 1.29 is 14.3 Å². The van der Waals surface area contributed by atoms with Gasteiger partial charge < -0.3 is 10.1 Å². The predicted molar refractivity (Wildman–Crippen MR) is 95.0 cm³/mol. The molecule has 2 aromatic rings. The van der Waals surface area contributed by atoms with E-state index in [4.69, 9.17) is 4.74 Å². The third-order valence-electron chi connectivity index (χ3n) is 4.06. The van der Waals surface area contributed by atoms with Crippen LogP contribution >= 0.6 is 22.7 Å². The number of carbonyl (C=O) groups excluding carboxylic acids is 2. The quantitative estimate of drug-likeness (QED) is 0.784. The maximum atomic E-state index is 11.9. The number of nitrogens with zero attached hydrogens (tertiary/aromatic N) is 2. The molecule has 0 atom stereocenters. The van der Waals surface area contributed by atoms with E-state index in [1.807, 2.05) is 22.2 Å². The number of thiophene rings is 1. The molecule has 8 heteroatoms. The van der Waals surface area contributed by atoms with Crippen LogP contribution in [-0.2, 0) is 20.7 Å². The smallest absolute Gasteiger partial charge is 0.312 e. The summed E-state index contributed by atoms with van der Waals surface area (Å²) in [5.74, 6) is -0.941. The minimum atomic E-state index is -0.798. The fourth-order valence-corrected chi connectivity index (χ4v) is 4.33. The molecule has 2 aromatic heterocycles. The van der Waals surface area contributed by atoms with Crippen molar-refractivity contribution in [3.05, 3.63) is 27.9 Å². The Kier molecular flexibility index (Phi) is 5.46. The summed E-state index contributed by atoms with van der Waals surface area (Å²) in [7, 11) is 0. The van der Waals surface area contributed by atoms with Crippen molar-refractivity contribution in [1.29, 1.82) is 5.26 Å². The van der Waals surface area contributed by atoms with E-state index in [2.05, 4.69) is 16.4 Å². The first kappa shape index (κ1) is 17.6. The number of thiazole rings is 1. The zero-order valence-electron chi connectivity index (χ0n) is 13.5. The molecule has 0 radical (unpaired) electrons. The van der Waals surface area contributed by atoms with Gasteiger partial charge in [-0.1, -0.05) is 0 Å². The highest BCUT2D eigenvalue weighted by Gasteiger charge is 2.35. The number of amides is 1. The first-order valence-electron chi connectivity index (χ1n) is 7.95. The molecule has 25 heavy (non-hydrogen) atoms. The van der Waals surface area contributed by atoms with Crippen molar-refractivity contribution in [3.63, 3.8) is 0 Å². The zero-order chi connectivity index (χ0) is 17.7. The normalized spacial score (nSPS) is 15.5. The number of ether oxygens (including phenoxy) is 1. The topological polar surface area (TPSA) is 92.1 Å². The van der Waals surface area contributed by atoms with E-state index in [-0.39, 0.29) is 13.0 Å². The molecule has 0 spiro atoms. The van der Waals surface area contributed by atoms with Gasteiger partial charge in [0.15, 0.2) is 6.61 Å². The Bertz CT molecular complexity index is 786. The fourth-order valence-electron chi connectivity index (χ4n) is 2.80. The first-order chi connectivity index (χ1) is 12.1. The monoisotopic (exact) mass is 375 g/mol. The van der Waals surface area contributed by atoms with E-state index in [0.29, 0.717) is 18.5 Å². The molecule has 6 nitrogen and oxygen atoms in total. The third-order valence-corrected chi connectivity index (χ3v) is 5.68. The Morgan fingerprint density at radius 1 is 1.36 bits per heavy atom. The highest BCUT2D eigenvalue weighted by molar-refractivity contribution is 7.14. The molecule has 0 aliphatic heterocycles. The summed E-state index contributed by atoms with van der Waals surface area (Å²) in [6.07, 6.45) is 3.16. The minimum absolute atomic E-state index is 0.0251. The van der Waals surface area contributed by atoms with Crippen LogP contribution in [-0.4, -0.2) is 29.0 Å². The van der Waals surface area contributed by atoms with Gasteiger partial charge in [-0.3, -0.25) is 9.59 Å². The Labute approximate surface area is 153 Å². The van der Waals surface area contributed by atoms with Crippen LogP contribution in [0.1, 0.15) is 31.4 Å². The average molecular weight is 375 g/mol. The van der Waals surface area contributed by atoms with Crippen molar-refractivity contribution in [2.24, 2.45) is 0 Å². The number of nitriles is 1. The van der Waals surface area contributed by atoms with Crippen molar-refractivity contribution in [2.75, 3.05) is 6.61 Å². The number of aromatic nitrogens is 1. The van der Waals surface area contributed by atoms with Gasteiger partial charge in [0, 0.05) is 16.3 Å². The van der Waals surface area contributed by atoms with E-state index in [0.717, 1.165) is 23.4 Å². The molecule has 1 aliphatic rings. The fraction of sp³-hybridized carbons (Fsp3) is 0.412. The molecule has 1 saturated carbocycles. The molecule has 1 amide bonds. The van der Waals surface area contributed by atoms with Crippen LogP contribution < -0.4 is 5.32 Å². The molecule has 1 N–H and O–H groups in total. The van der Waals surface area contributed by atoms with E-state index >= 15 is 0 Å². The molecule has 2 heterocycles. The SMILES string of the molecule is N#CC1(NC(=O)COC(=O)Cc2csc(-c3ccsc3)n2)CCCC1. The molecule has 0 bridgehead atoms.